The molecule has 2 atom stereocenters. The number of para-hydroxylation sites is 1. The van der Waals surface area contributed by atoms with Gasteiger partial charge in [0.2, 0.25) is 0 Å². The van der Waals surface area contributed by atoms with Gasteiger partial charge in [-0.15, -0.1) is 0 Å². The molecule has 0 unspecified atom stereocenters. The molecule has 1 N–H and O–H groups in total. The van der Waals surface area contributed by atoms with Crippen molar-refractivity contribution in [2.24, 2.45) is 0 Å². The van der Waals surface area contributed by atoms with Crippen LogP contribution in [-0.2, 0) is 0 Å². The van der Waals surface area contributed by atoms with Crippen LogP contribution in [0.25, 0.3) is 5.69 Å². The third kappa shape index (κ3) is 4.87. The van der Waals surface area contributed by atoms with E-state index in [1.165, 1.54) is 33.8 Å². The van der Waals surface area contributed by atoms with E-state index in [1.54, 1.807) is 0 Å². The summed E-state index contributed by atoms with van der Waals surface area (Å²) in [5, 5.41) is 4.26. The van der Waals surface area contributed by atoms with E-state index in [4.69, 9.17) is 21.9 Å². The first-order valence-corrected chi connectivity index (χ1v) is 13.9. The Bertz CT molecular complexity index is 1640. The number of rotatable bonds is 6. The lowest BCUT2D eigenvalue weighted by atomic mass is 9.96. The number of anilines is 1. The predicted octanol–water partition coefficient (Wildman–Crippen LogP) is 8.08. The normalized spacial score (nSPS) is 16.7. The molecular formula is C34H32N4OS. The summed E-state index contributed by atoms with van der Waals surface area (Å²) < 4.78 is 8.40. The van der Waals surface area contributed by atoms with Gasteiger partial charge < -0.3 is 19.5 Å². The van der Waals surface area contributed by atoms with Crippen LogP contribution in [0.4, 0.5) is 5.69 Å². The molecule has 3 heterocycles. The molecule has 6 rings (SSSR count). The number of hydrogen-bond donors (Lipinski definition) is 1. The fourth-order valence-corrected chi connectivity index (χ4v) is 6.16. The van der Waals surface area contributed by atoms with Crippen molar-refractivity contribution in [2.75, 3.05) is 4.90 Å². The average Bonchev–Trinajstić information content (AvgIpc) is 3.44. The summed E-state index contributed by atoms with van der Waals surface area (Å²) in [6.07, 6.45) is 1.84. The van der Waals surface area contributed by atoms with Gasteiger partial charge in [-0.1, -0.05) is 30.3 Å². The van der Waals surface area contributed by atoms with Gasteiger partial charge in [0.05, 0.1) is 17.8 Å². The Hall–Kier alpha value is -4.42. The average molecular weight is 545 g/mol. The largest absolute Gasteiger partial charge is 0.457 e. The van der Waals surface area contributed by atoms with Crippen LogP contribution < -0.4 is 15.0 Å². The quantitative estimate of drug-likeness (QED) is 0.219. The van der Waals surface area contributed by atoms with Crippen molar-refractivity contribution in [1.82, 2.24) is 14.9 Å². The van der Waals surface area contributed by atoms with Crippen LogP contribution in [0.3, 0.4) is 0 Å². The minimum atomic E-state index is -0.109. The molecule has 200 valence electrons. The molecular weight excluding hydrogens is 512 g/mol. The summed E-state index contributed by atoms with van der Waals surface area (Å²) in [7, 11) is 0. The Labute approximate surface area is 241 Å². The maximum atomic E-state index is 6.05. The van der Waals surface area contributed by atoms with Crippen LogP contribution in [-0.4, -0.2) is 14.7 Å². The van der Waals surface area contributed by atoms with Gasteiger partial charge in [-0.05, 0) is 123 Å². The Kier molecular flexibility index (Phi) is 6.86. The van der Waals surface area contributed by atoms with E-state index < -0.39 is 0 Å². The molecule has 5 nitrogen and oxygen atoms in total. The van der Waals surface area contributed by atoms with Gasteiger partial charge in [-0.3, -0.25) is 4.98 Å². The highest BCUT2D eigenvalue weighted by Crippen LogP contribution is 2.44. The number of thiocarbonyl (C=S) groups is 1. The summed E-state index contributed by atoms with van der Waals surface area (Å²) in [5.74, 6) is 1.58. The van der Waals surface area contributed by atoms with Crippen LogP contribution in [0, 0.1) is 27.7 Å². The van der Waals surface area contributed by atoms with Crippen molar-refractivity contribution in [3.63, 3.8) is 0 Å². The smallest absolute Gasteiger partial charge is 0.174 e. The van der Waals surface area contributed by atoms with Gasteiger partial charge in [0.25, 0.3) is 0 Å². The Morgan fingerprint density at radius 1 is 0.750 bits per heavy atom. The van der Waals surface area contributed by atoms with E-state index in [-0.39, 0.29) is 12.1 Å². The monoisotopic (exact) mass is 544 g/mol. The lowest BCUT2D eigenvalue weighted by Crippen LogP contribution is -2.29. The zero-order valence-corrected chi connectivity index (χ0v) is 23.9. The Morgan fingerprint density at radius 3 is 2.10 bits per heavy atom. The van der Waals surface area contributed by atoms with E-state index in [0.717, 1.165) is 22.9 Å². The van der Waals surface area contributed by atoms with Gasteiger partial charge in [0.15, 0.2) is 5.11 Å². The molecule has 1 fully saturated rings. The predicted molar refractivity (Wildman–Crippen MR) is 166 cm³/mol. The van der Waals surface area contributed by atoms with Gasteiger partial charge in [0.1, 0.15) is 11.5 Å². The zero-order valence-electron chi connectivity index (χ0n) is 23.1. The first-order chi connectivity index (χ1) is 19.4. The van der Waals surface area contributed by atoms with Gasteiger partial charge in [-0.2, -0.15) is 0 Å². The zero-order chi connectivity index (χ0) is 27.8. The van der Waals surface area contributed by atoms with Crippen LogP contribution in [0.5, 0.6) is 11.5 Å². The van der Waals surface area contributed by atoms with Crippen LogP contribution in [0.15, 0.2) is 103 Å². The minimum absolute atomic E-state index is 0.0888. The molecule has 6 heteroatoms. The van der Waals surface area contributed by atoms with E-state index in [1.807, 2.05) is 60.8 Å². The minimum Gasteiger partial charge on any atom is -0.457 e. The third-order valence-electron chi connectivity index (χ3n) is 7.45. The number of aryl methyl sites for hydroxylation is 3. The molecule has 0 spiro atoms. The van der Waals surface area contributed by atoms with E-state index in [2.05, 4.69) is 84.9 Å². The second kappa shape index (κ2) is 10.6. The van der Waals surface area contributed by atoms with E-state index in [0.29, 0.717) is 5.11 Å². The van der Waals surface area contributed by atoms with Crippen molar-refractivity contribution in [3.05, 3.63) is 137 Å². The molecule has 1 aliphatic rings. The Morgan fingerprint density at radius 2 is 1.43 bits per heavy atom. The highest BCUT2D eigenvalue weighted by molar-refractivity contribution is 7.80. The van der Waals surface area contributed by atoms with Gasteiger partial charge >= 0.3 is 0 Å². The number of aromatic nitrogens is 2. The van der Waals surface area contributed by atoms with Gasteiger partial charge in [0, 0.05) is 29.0 Å². The standard InChI is InChI=1S/C34H32N4OS/c1-22-18-23(2)20-27(19-22)37-24(3)21-30(25(37)4)33-32(31-12-8-9-17-35-31)36-34(40)38(33)26-13-15-29(16-14-26)39-28-10-6-5-7-11-28/h5-21,32-33H,1-4H3,(H,36,40)/t32-,33+/m1/s1. The molecule has 0 bridgehead atoms. The Balaban J connectivity index is 1.43. The summed E-state index contributed by atoms with van der Waals surface area (Å²) in [6.45, 7) is 8.67. The molecule has 40 heavy (non-hydrogen) atoms. The topological polar surface area (TPSA) is 42.3 Å². The molecule has 0 saturated carbocycles. The number of nitrogens with zero attached hydrogens (tertiary/aromatic N) is 3. The number of ether oxygens (including phenoxy) is 1. The number of nitrogens with one attached hydrogen (secondary N) is 1. The lowest BCUT2D eigenvalue weighted by Gasteiger charge is -2.28. The van der Waals surface area contributed by atoms with Crippen molar-refractivity contribution in [1.29, 1.82) is 0 Å². The molecule has 0 radical (unpaired) electrons. The maximum absolute atomic E-state index is 6.05. The number of hydrogen-bond acceptors (Lipinski definition) is 3. The lowest BCUT2D eigenvalue weighted by molar-refractivity contribution is 0.482. The summed E-state index contributed by atoms with van der Waals surface area (Å²) >= 11 is 5.97. The molecule has 0 aliphatic carbocycles. The number of benzene rings is 3. The maximum Gasteiger partial charge on any atom is 0.174 e. The highest BCUT2D eigenvalue weighted by Gasteiger charge is 2.42. The molecule has 1 aliphatic heterocycles. The van der Waals surface area contributed by atoms with Crippen molar-refractivity contribution in [3.8, 4) is 17.2 Å². The SMILES string of the molecule is Cc1cc(C)cc(-n2c(C)cc([C@H]3[C@@H](c4ccccn4)NC(=S)N3c3ccc(Oc4ccccc4)cc3)c2C)c1. The molecule has 5 aromatic rings. The van der Waals surface area contributed by atoms with Crippen molar-refractivity contribution < 1.29 is 4.74 Å². The molecule has 0 amide bonds. The van der Waals surface area contributed by atoms with E-state index >= 15 is 0 Å². The molecule has 3 aromatic carbocycles. The summed E-state index contributed by atoms with van der Waals surface area (Å²) in [4.78, 5) is 6.94. The molecule has 1 saturated heterocycles. The van der Waals surface area contributed by atoms with Crippen molar-refractivity contribution >= 4 is 23.0 Å². The van der Waals surface area contributed by atoms with Gasteiger partial charge in [-0.25, -0.2) is 0 Å². The first kappa shape index (κ1) is 25.8. The third-order valence-corrected chi connectivity index (χ3v) is 7.76. The summed E-state index contributed by atoms with van der Waals surface area (Å²) in [6, 6.07) is 32.8. The second-order valence-corrected chi connectivity index (χ2v) is 10.8. The summed E-state index contributed by atoms with van der Waals surface area (Å²) in [5.41, 5.74) is 9.21. The van der Waals surface area contributed by atoms with E-state index in [9.17, 15) is 0 Å². The molecule has 2 aromatic heterocycles. The fraction of sp³-hybridized carbons (Fsp3) is 0.176. The highest BCUT2D eigenvalue weighted by atomic mass is 32.1. The fourth-order valence-electron chi connectivity index (χ4n) is 5.81. The van der Waals surface area contributed by atoms with Crippen LogP contribution >= 0.6 is 12.2 Å². The van der Waals surface area contributed by atoms with Crippen LogP contribution in [0.1, 0.15) is 45.9 Å². The van der Waals surface area contributed by atoms with Crippen molar-refractivity contribution in [2.45, 2.75) is 39.8 Å². The van der Waals surface area contributed by atoms with Crippen LogP contribution in [0.2, 0.25) is 0 Å². The second-order valence-electron chi connectivity index (χ2n) is 10.4. The first-order valence-electron chi connectivity index (χ1n) is 13.5. The number of pyridine rings is 1.